The second-order valence-electron chi connectivity index (χ2n) is 12.8. The van der Waals surface area contributed by atoms with Crippen LogP contribution in [0.15, 0.2) is 104 Å². The molecule has 0 unspecified atom stereocenters. The van der Waals surface area contributed by atoms with Gasteiger partial charge in [0.15, 0.2) is 0 Å². The van der Waals surface area contributed by atoms with E-state index < -0.39 is 12.7 Å². The van der Waals surface area contributed by atoms with Crippen molar-refractivity contribution in [3.05, 3.63) is 126 Å². The van der Waals surface area contributed by atoms with Gasteiger partial charge in [-0.15, -0.1) is 12.4 Å². The Morgan fingerprint density at radius 2 is 1.44 bits per heavy atom. The zero-order chi connectivity index (χ0) is 27.5. The molecular weight excluding hydrogens is 529 g/mol. The van der Waals surface area contributed by atoms with E-state index in [9.17, 15) is 0 Å². The van der Waals surface area contributed by atoms with E-state index in [0.29, 0.717) is 23.7 Å². The van der Waals surface area contributed by atoms with E-state index in [1.165, 1.54) is 23.1 Å². The lowest BCUT2D eigenvalue weighted by atomic mass is 9.43. The summed E-state index contributed by atoms with van der Waals surface area (Å²) in [6, 6.07) is 32.0. The first-order chi connectivity index (χ1) is 19.3. The molecule has 0 amide bonds. The fraction of sp³-hybridized carbons (Fsp3) is 0.382. The fourth-order valence-corrected chi connectivity index (χ4v) is 8.06. The predicted molar refractivity (Wildman–Crippen MR) is 166 cm³/mol. The van der Waals surface area contributed by atoms with Gasteiger partial charge >= 0.3 is 7.12 Å². The van der Waals surface area contributed by atoms with Crippen molar-refractivity contribution in [2.24, 2.45) is 23.0 Å². The second-order valence-corrected chi connectivity index (χ2v) is 12.8. The molecule has 1 aromatic heterocycles. The van der Waals surface area contributed by atoms with E-state index in [2.05, 4.69) is 123 Å². The van der Waals surface area contributed by atoms with E-state index in [1.807, 2.05) is 6.33 Å². The number of rotatable bonds is 7. The fourth-order valence-electron chi connectivity index (χ4n) is 8.06. The Morgan fingerprint density at radius 3 is 1.95 bits per heavy atom. The van der Waals surface area contributed by atoms with Crippen molar-refractivity contribution in [3.8, 4) is 0 Å². The van der Waals surface area contributed by atoms with Gasteiger partial charge in [0.05, 0.1) is 23.7 Å². The molecule has 3 aromatic carbocycles. The number of aromatic nitrogens is 2. The molecular formula is C34H39BClN3O2. The third-order valence-corrected chi connectivity index (χ3v) is 10.4. The second kappa shape index (κ2) is 10.4. The lowest BCUT2D eigenvalue weighted by Crippen LogP contribution is -2.65. The van der Waals surface area contributed by atoms with Crippen molar-refractivity contribution >= 4 is 19.5 Å². The number of imidazole rings is 1. The molecule has 212 valence electrons. The van der Waals surface area contributed by atoms with Crippen molar-refractivity contribution < 1.29 is 9.31 Å². The predicted octanol–water partition coefficient (Wildman–Crippen LogP) is 6.28. The maximum Gasteiger partial charge on any atom is 0.475 e. The number of benzene rings is 3. The van der Waals surface area contributed by atoms with Crippen molar-refractivity contribution in [1.29, 1.82) is 0 Å². The average Bonchev–Trinajstić information content (AvgIpc) is 3.59. The smallest absolute Gasteiger partial charge is 0.404 e. The molecule has 2 heterocycles. The van der Waals surface area contributed by atoms with Gasteiger partial charge in [-0.3, -0.25) is 0 Å². The van der Waals surface area contributed by atoms with E-state index in [-0.39, 0.29) is 30.1 Å². The highest BCUT2D eigenvalue weighted by Gasteiger charge is 2.68. The lowest BCUT2D eigenvalue weighted by molar-refractivity contribution is -0.199. The van der Waals surface area contributed by atoms with Crippen molar-refractivity contribution in [1.82, 2.24) is 9.55 Å². The average molecular weight is 568 g/mol. The summed E-state index contributed by atoms with van der Waals surface area (Å²) in [5.74, 6) is 0.931. The molecule has 2 bridgehead atoms. The van der Waals surface area contributed by atoms with Crippen LogP contribution in [-0.2, 0) is 21.3 Å². The van der Waals surface area contributed by atoms with E-state index in [1.54, 1.807) is 0 Å². The van der Waals surface area contributed by atoms with Gasteiger partial charge in [-0.2, -0.15) is 0 Å². The van der Waals surface area contributed by atoms with Gasteiger partial charge in [-0.1, -0.05) is 105 Å². The van der Waals surface area contributed by atoms with Crippen molar-refractivity contribution in [2.45, 2.75) is 63.2 Å². The third-order valence-electron chi connectivity index (χ3n) is 10.4. The Bertz CT molecular complexity index is 1380. The first-order valence-corrected chi connectivity index (χ1v) is 14.6. The summed E-state index contributed by atoms with van der Waals surface area (Å²) in [7, 11) is -0.419. The maximum absolute atomic E-state index is 6.80. The summed E-state index contributed by atoms with van der Waals surface area (Å²) in [5.41, 5.74) is 10.7. The highest BCUT2D eigenvalue weighted by Crippen LogP contribution is 2.65. The topological polar surface area (TPSA) is 62.3 Å². The Labute approximate surface area is 250 Å². The van der Waals surface area contributed by atoms with Crippen LogP contribution in [0.25, 0.3) is 0 Å². The largest absolute Gasteiger partial charge is 0.475 e. The Hall–Kier alpha value is -2.90. The highest BCUT2D eigenvalue weighted by atomic mass is 35.5. The third kappa shape index (κ3) is 4.30. The summed E-state index contributed by atoms with van der Waals surface area (Å²) < 4.78 is 15.4. The van der Waals surface area contributed by atoms with Crippen molar-refractivity contribution in [2.75, 3.05) is 0 Å². The Balaban J connectivity index is 0.00000302. The summed E-state index contributed by atoms with van der Waals surface area (Å²) >= 11 is 0. The molecule has 3 saturated carbocycles. The summed E-state index contributed by atoms with van der Waals surface area (Å²) in [4.78, 5) is 4.90. The molecule has 1 aliphatic heterocycles. The van der Waals surface area contributed by atoms with E-state index in [4.69, 9.17) is 20.0 Å². The molecule has 0 radical (unpaired) electrons. The minimum atomic E-state index is -0.589. The molecule has 2 N–H and O–H groups in total. The summed E-state index contributed by atoms with van der Waals surface area (Å²) in [5, 5.41) is 0. The molecule has 4 fully saturated rings. The zero-order valence-electron chi connectivity index (χ0n) is 24.0. The number of hydrogen-bond donors (Lipinski definition) is 1. The van der Waals surface area contributed by atoms with Crippen LogP contribution in [0.2, 0.25) is 0 Å². The first-order valence-electron chi connectivity index (χ1n) is 14.6. The SMILES string of the molecule is CC1(C)[C@@H]2C[C@H]3OB([C@@H](N)Cc4cn(C(c5ccccc5)(c5ccccc5)c5ccccc5)cn4)O[C@@]3(C)[C@H]1C2.Cl. The summed E-state index contributed by atoms with van der Waals surface area (Å²) in [6.07, 6.45) is 7.09. The molecule has 1 saturated heterocycles. The first kappa shape index (κ1) is 28.2. The van der Waals surface area contributed by atoms with Crippen LogP contribution in [0.5, 0.6) is 0 Å². The molecule has 5 nitrogen and oxygen atoms in total. The quantitative estimate of drug-likeness (QED) is 0.211. The maximum atomic E-state index is 6.80. The van der Waals surface area contributed by atoms with E-state index >= 15 is 0 Å². The van der Waals surface area contributed by atoms with Crippen LogP contribution in [0.4, 0.5) is 0 Å². The van der Waals surface area contributed by atoms with Crippen LogP contribution in [-0.4, -0.2) is 34.3 Å². The summed E-state index contributed by atoms with van der Waals surface area (Å²) in [6.45, 7) is 7.01. The van der Waals surface area contributed by atoms with Crippen LogP contribution in [0.3, 0.4) is 0 Å². The molecule has 8 rings (SSSR count). The molecule has 41 heavy (non-hydrogen) atoms. The zero-order valence-corrected chi connectivity index (χ0v) is 24.8. The molecule has 5 atom stereocenters. The number of nitrogens with two attached hydrogens (primary N) is 1. The van der Waals surface area contributed by atoms with Gasteiger partial charge < -0.3 is 19.6 Å². The van der Waals surface area contributed by atoms with Gasteiger partial charge in [-0.05, 0) is 53.7 Å². The normalized spacial score (nSPS) is 26.9. The standard InChI is InChI=1S/C34H38BN3O2.ClH/c1-32(2)27-19-29(32)33(3)30(20-27)39-35(40-33)31(36)21-28-22-38(23-37-28)34(24-13-7-4-8-14-24,25-15-9-5-10-16-25)26-17-11-6-12-18-26;/h4-18,22-23,27,29-31H,19-21,36H2,1-3H3;1H/t27-,29-,30+,31-,33-;/m0./s1. The van der Waals surface area contributed by atoms with Crippen LogP contribution >= 0.6 is 12.4 Å². The molecule has 3 aliphatic carbocycles. The van der Waals surface area contributed by atoms with Crippen LogP contribution in [0, 0.1) is 17.3 Å². The molecule has 4 aromatic rings. The van der Waals surface area contributed by atoms with Crippen molar-refractivity contribution in [3.63, 3.8) is 0 Å². The van der Waals surface area contributed by atoms with Gasteiger partial charge in [-0.25, -0.2) is 4.98 Å². The minimum Gasteiger partial charge on any atom is -0.404 e. The van der Waals surface area contributed by atoms with Crippen LogP contribution < -0.4 is 5.73 Å². The number of nitrogens with zero attached hydrogens (tertiary/aromatic N) is 2. The lowest BCUT2D eigenvalue weighted by Gasteiger charge is -2.64. The number of hydrogen-bond acceptors (Lipinski definition) is 4. The Morgan fingerprint density at radius 1 is 0.902 bits per heavy atom. The minimum absolute atomic E-state index is 0. The van der Waals surface area contributed by atoms with E-state index in [0.717, 1.165) is 12.1 Å². The number of halogens is 1. The molecule has 4 aliphatic rings. The van der Waals surface area contributed by atoms with Crippen LogP contribution in [0.1, 0.15) is 56.0 Å². The molecule has 7 heteroatoms. The van der Waals surface area contributed by atoms with Gasteiger partial charge in [0.2, 0.25) is 0 Å². The van der Waals surface area contributed by atoms with Gasteiger partial charge in [0.1, 0.15) is 5.54 Å². The van der Waals surface area contributed by atoms with Gasteiger partial charge in [0.25, 0.3) is 0 Å². The molecule has 0 spiro atoms. The Kier molecular flexibility index (Phi) is 7.18. The monoisotopic (exact) mass is 567 g/mol. The highest BCUT2D eigenvalue weighted by molar-refractivity contribution is 6.47. The van der Waals surface area contributed by atoms with Gasteiger partial charge in [0, 0.05) is 18.6 Å².